The highest BCUT2D eigenvalue weighted by Crippen LogP contribution is 2.35. The molecular weight excluding hydrogens is 350 g/mol. The van der Waals surface area contributed by atoms with Gasteiger partial charge >= 0.3 is 0 Å². The van der Waals surface area contributed by atoms with Crippen LogP contribution in [-0.4, -0.2) is 38.5 Å². The van der Waals surface area contributed by atoms with Crippen LogP contribution in [0.5, 0.6) is 5.75 Å². The minimum absolute atomic E-state index is 0.260. The highest BCUT2D eigenvalue weighted by Gasteiger charge is 2.43. The number of methoxy groups -OCH3 is 1. The first-order valence-corrected chi connectivity index (χ1v) is 10.0. The van der Waals surface area contributed by atoms with Crippen LogP contribution in [0, 0.1) is 6.92 Å². The van der Waals surface area contributed by atoms with E-state index < -0.39 is 15.6 Å². The number of hydrogen-bond donors (Lipinski definition) is 0. The van der Waals surface area contributed by atoms with Crippen molar-refractivity contribution in [1.29, 1.82) is 0 Å². The third-order valence-electron chi connectivity index (χ3n) is 4.74. The van der Waals surface area contributed by atoms with Crippen LogP contribution in [0.3, 0.4) is 0 Å². The van der Waals surface area contributed by atoms with Crippen LogP contribution in [0.4, 0.5) is 0 Å². The topological polar surface area (TPSA) is 55.8 Å². The average molecular weight is 375 g/mol. The normalized spacial score (nSPS) is 20.7. The summed E-state index contributed by atoms with van der Waals surface area (Å²) in [6.45, 7) is 6.42. The summed E-state index contributed by atoms with van der Waals surface area (Å²) in [5.74, 6) is 0.628. The van der Waals surface area contributed by atoms with Crippen LogP contribution in [0.2, 0.25) is 0 Å². The maximum absolute atomic E-state index is 13.3. The van der Waals surface area contributed by atoms with Gasteiger partial charge in [-0.05, 0) is 50.6 Å². The van der Waals surface area contributed by atoms with Gasteiger partial charge in [-0.15, -0.1) is 0 Å². The van der Waals surface area contributed by atoms with Gasteiger partial charge in [0.2, 0.25) is 10.0 Å². The minimum Gasteiger partial charge on any atom is -0.497 e. The van der Waals surface area contributed by atoms with Gasteiger partial charge in [0.15, 0.2) is 0 Å². The lowest BCUT2D eigenvalue weighted by Crippen LogP contribution is -2.56. The van der Waals surface area contributed by atoms with E-state index >= 15 is 0 Å². The predicted molar refractivity (Wildman–Crippen MR) is 101 cm³/mol. The van der Waals surface area contributed by atoms with Crippen molar-refractivity contribution in [3.63, 3.8) is 0 Å². The van der Waals surface area contributed by atoms with E-state index in [4.69, 9.17) is 9.47 Å². The quantitative estimate of drug-likeness (QED) is 0.820. The van der Waals surface area contributed by atoms with Crippen molar-refractivity contribution < 1.29 is 17.9 Å². The Morgan fingerprint density at radius 1 is 1.08 bits per heavy atom. The molecule has 26 heavy (non-hydrogen) atoms. The summed E-state index contributed by atoms with van der Waals surface area (Å²) in [6.07, 6.45) is -0.281. The highest BCUT2D eigenvalue weighted by atomic mass is 32.2. The second kappa shape index (κ2) is 7.02. The van der Waals surface area contributed by atoms with Crippen LogP contribution < -0.4 is 4.74 Å². The fraction of sp³-hybridized carbons (Fsp3) is 0.400. The van der Waals surface area contributed by atoms with E-state index in [0.29, 0.717) is 12.4 Å². The fourth-order valence-electron chi connectivity index (χ4n) is 3.11. The molecule has 2 aromatic rings. The van der Waals surface area contributed by atoms with E-state index in [1.165, 1.54) is 0 Å². The number of benzene rings is 2. The molecule has 0 N–H and O–H groups in total. The second-order valence-corrected chi connectivity index (χ2v) is 9.10. The van der Waals surface area contributed by atoms with Crippen molar-refractivity contribution in [3.05, 3.63) is 59.7 Å². The number of morpholine rings is 1. The first-order chi connectivity index (χ1) is 12.2. The van der Waals surface area contributed by atoms with Gasteiger partial charge in [0, 0.05) is 6.54 Å². The standard InChI is InChI=1S/C20H25NO4S/c1-15-5-7-16(8-6-15)19-13-21(20(2,3)14-25-19)26(22,23)18-11-9-17(24-4)10-12-18/h5-12,19H,13-14H2,1-4H3. The number of nitrogens with zero attached hydrogens (tertiary/aromatic N) is 1. The molecule has 3 rings (SSSR count). The molecule has 1 aliphatic rings. The summed E-state index contributed by atoms with van der Waals surface area (Å²) in [5, 5.41) is 0. The zero-order valence-corrected chi connectivity index (χ0v) is 16.4. The van der Waals surface area contributed by atoms with E-state index in [0.717, 1.165) is 11.1 Å². The van der Waals surface area contributed by atoms with Gasteiger partial charge in [0.1, 0.15) is 5.75 Å². The zero-order chi connectivity index (χ0) is 18.9. The van der Waals surface area contributed by atoms with Gasteiger partial charge in [0.25, 0.3) is 0 Å². The van der Waals surface area contributed by atoms with Gasteiger partial charge in [-0.3, -0.25) is 0 Å². The molecular formula is C20H25NO4S. The van der Waals surface area contributed by atoms with Gasteiger partial charge < -0.3 is 9.47 Å². The summed E-state index contributed by atoms with van der Waals surface area (Å²) in [6, 6.07) is 14.5. The number of rotatable bonds is 4. The third kappa shape index (κ3) is 3.63. The Kier molecular flexibility index (Phi) is 5.10. The summed E-state index contributed by atoms with van der Waals surface area (Å²) in [5.41, 5.74) is 1.52. The Balaban J connectivity index is 1.92. The number of ether oxygens (including phenoxy) is 2. The molecule has 0 bridgehead atoms. The molecule has 1 aliphatic heterocycles. The van der Waals surface area contributed by atoms with Crippen molar-refractivity contribution in [3.8, 4) is 5.75 Å². The lowest BCUT2D eigenvalue weighted by atomic mass is 10.0. The molecule has 1 atom stereocenters. The lowest BCUT2D eigenvalue weighted by molar-refractivity contribution is -0.0655. The zero-order valence-electron chi connectivity index (χ0n) is 15.6. The highest BCUT2D eigenvalue weighted by molar-refractivity contribution is 7.89. The van der Waals surface area contributed by atoms with Crippen molar-refractivity contribution in [2.45, 2.75) is 37.3 Å². The first kappa shape index (κ1) is 18.9. The maximum Gasteiger partial charge on any atom is 0.243 e. The van der Waals surface area contributed by atoms with Crippen LogP contribution in [-0.2, 0) is 14.8 Å². The fourth-order valence-corrected chi connectivity index (χ4v) is 4.88. The van der Waals surface area contributed by atoms with Gasteiger partial charge in [-0.1, -0.05) is 29.8 Å². The van der Waals surface area contributed by atoms with Gasteiger partial charge in [-0.25, -0.2) is 8.42 Å². The van der Waals surface area contributed by atoms with Crippen molar-refractivity contribution in [2.24, 2.45) is 0 Å². The molecule has 140 valence electrons. The van der Waals surface area contributed by atoms with Crippen LogP contribution in [0.1, 0.15) is 31.1 Å². The second-order valence-electron chi connectivity index (χ2n) is 7.23. The molecule has 6 heteroatoms. The molecule has 1 heterocycles. The molecule has 0 amide bonds. The minimum atomic E-state index is -3.65. The smallest absolute Gasteiger partial charge is 0.243 e. The Bertz CT molecular complexity index is 858. The van der Waals surface area contributed by atoms with E-state index in [1.54, 1.807) is 35.7 Å². The molecule has 2 aromatic carbocycles. The van der Waals surface area contributed by atoms with E-state index in [9.17, 15) is 8.42 Å². The molecule has 0 aliphatic carbocycles. The molecule has 5 nitrogen and oxygen atoms in total. The average Bonchev–Trinajstić information content (AvgIpc) is 2.62. The van der Waals surface area contributed by atoms with E-state index in [-0.39, 0.29) is 17.5 Å². The SMILES string of the molecule is COc1ccc(S(=O)(=O)N2CC(c3ccc(C)cc3)OCC2(C)C)cc1. The van der Waals surface area contributed by atoms with Gasteiger partial charge in [0.05, 0.1) is 30.3 Å². The Morgan fingerprint density at radius 2 is 1.69 bits per heavy atom. The van der Waals surface area contributed by atoms with Gasteiger partial charge in [-0.2, -0.15) is 4.31 Å². The molecule has 1 saturated heterocycles. The maximum atomic E-state index is 13.3. The molecule has 0 aromatic heterocycles. The lowest BCUT2D eigenvalue weighted by Gasteiger charge is -2.44. The number of aryl methyl sites for hydroxylation is 1. The molecule has 0 saturated carbocycles. The summed E-state index contributed by atoms with van der Waals surface area (Å²) in [7, 11) is -2.09. The Hall–Kier alpha value is -1.89. The largest absolute Gasteiger partial charge is 0.497 e. The van der Waals surface area contributed by atoms with Crippen molar-refractivity contribution >= 4 is 10.0 Å². The number of sulfonamides is 1. The molecule has 0 radical (unpaired) electrons. The number of hydrogen-bond acceptors (Lipinski definition) is 4. The third-order valence-corrected chi connectivity index (χ3v) is 6.83. The van der Waals surface area contributed by atoms with Crippen molar-refractivity contribution in [1.82, 2.24) is 4.31 Å². The summed E-state index contributed by atoms with van der Waals surface area (Å²) in [4.78, 5) is 0.260. The predicted octanol–water partition coefficient (Wildman–Crippen LogP) is 3.54. The first-order valence-electron chi connectivity index (χ1n) is 8.59. The Morgan fingerprint density at radius 3 is 2.27 bits per heavy atom. The van der Waals surface area contributed by atoms with Crippen molar-refractivity contribution in [2.75, 3.05) is 20.3 Å². The molecule has 0 spiro atoms. The Labute approximate surface area is 155 Å². The summed E-state index contributed by atoms with van der Waals surface area (Å²) < 4.78 is 39.2. The molecule has 1 fully saturated rings. The monoisotopic (exact) mass is 375 g/mol. The van der Waals surface area contributed by atoms with E-state index in [1.807, 2.05) is 45.0 Å². The van der Waals surface area contributed by atoms with Crippen LogP contribution in [0.15, 0.2) is 53.4 Å². The van der Waals surface area contributed by atoms with E-state index in [2.05, 4.69) is 0 Å². The summed E-state index contributed by atoms with van der Waals surface area (Å²) >= 11 is 0. The van der Waals surface area contributed by atoms with Crippen LogP contribution >= 0.6 is 0 Å². The van der Waals surface area contributed by atoms with Crippen LogP contribution in [0.25, 0.3) is 0 Å². The molecule has 1 unspecified atom stereocenters.